The van der Waals surface area contributed by atoms with E-state index in [2.05, 4.69) is 56.9 Å². The Labute approximate surface area is 203 Å². The molecule has 3 aromatic carbocycles. The third kappa shape index (κ3) is 4.98. The average molecular weight is 517 g/mol. The molecule has 0 saturated carbocycles. The molecule has 1 heterocycles. The van der Waals surface area contributed by atoms with E-state index < -0.39 is 6.04 Å². The molecule has 3 aromatic rings. The highest BCUT2D eigenvalue weighted by Gasteiger charge is 2.32. The van der Waals surface area contributed by atoms with Crippen LogP contribution in [0.25, 0.3) is 10.8 Å². The second-order valence-corrected chi connectivity index (χ2v) is 8.87. The van der Waals surface area contributed by atoms with Crippen LogP contribution >= 0.6 is 28.3 Å². The third-order valence-electron chi connectivity index (χ3n) is 5.93. The second kappa shape index (κ2) is 10.5. The number of anilines is 1. The molecule has 1 aliphatic rings. The van der Waals surface area contributed by atoms with Gasteiger partial charge in [0.25, 0.3) is 0 Å². The summed E-state index contributed by atoms with van der Waals surface area (Å²) in [6.45, 7) is 2.22. The van der Waals surface area contributed by atoms with E-state index in [1.54, 1.807) is 14.0 Å². The van der Waals surface area contributed by atoms with E-state index in [0.29, 0.717) is 13.0 Å². The number of rotatable bonds is 5. The van der Waals surface area contributed by atoms with Gasteiger partial charge in [-0.1, -0.05) is 58.4 Å². The highest BCUT2D eigenvalue weighted by molar-refractivity contribution is 9.10. The smallest absolute Gasteiger partial charge is 0.249 e. The summed E-state index contributed by atoms with van der Waals surface area (Å²) in [6, 6.07) is 19.4. The number of carbonyl (C=O) groups is 2. The van der Waals surface area contributed by atoms with Crippen molar-refractivity contribution in [3.63, 3.8) is 0 Å². The molecule has 2 unspecified atom stereocenters. The molecular formula is C25H27BrClN3O2. The van der Waals surface area contributed by atoms with Crippen LogP contribution in [0.15, 0.2) is 65.1 Å². The third-order valence-corrected chi connectivity index (χ3v) is 6.39. The zero-order chi connectivity index (χ0) is 22.0. The zero-order valence-electron chi connectivity index (χ0n) is 18.1. The Bertz CT molecular complexity index is 1140. The molecule has 0 fully saturated rings. The van der Waals surface area contributed by atoms with Crippen molar-refractivity contribution in [2.24, 2.45) is 0 Å². The van der Waals surface area contributed by atoms with Crippen LogP contribution in [0.1, 0.15) is 24.5 Å². The van der Waals surface area contributed by atoms with Crippen molar-refractivity contribution in [1.29, 1.82) is 0 Å². The van der Waals surface area contributed by atoms with Gasteiger partial charge in [-0.05, 0) is 66.9 Å². The molecule has 7 heteroatoms. The van der Waals surface area contributed by atoms with Crippen LogP contribution in [0.5, 0.6) is 0 Å². The van der Waals surface area contributed by atoms with Gasteiger partial charge in [0.05, 0.1) is 12.6 Å². The van der Waals surface area contributed by atoms with E-state index in [4.69, 9.17) is 0 Å². The van der Waals surface area contributed by atoms with Crippen LogP contribution < -0.4 is 15.5 Å². The van der Waals surface area contributed by atoms with Gasteiger partial charge < -0.3 is 15.5 Å². The minimum absolute atomic E-state index is 0. The number of amides is 2. The lowest BCUT2D eigenvalue weighted by atomic mass is 10.0. The van der Waals surface area contributed by atoms with Crippen LogP contribution in [0.4, 0.5) is 5.69 Å². The summed E-state index contributed by atoms with van der Waals surface area (Å²) >= 11 is 3.61. The Morgan fingerprint density at radius 2 is 1.88 bits per heavy atom. The van der Waals surface area contributed by atoms with Gasteiger partial charge in [0, 0.05) is 10.2 Å². The van der Waals surface area contributed by atoms with Gasteiger partial charge >= 0.3 is 0 Å². The minimum atomic E-state index is -0.561. The molecular weight excluding hydrogens is 490 g/mol. The maximum Gasteiger partial charge on any atom is 0.249 e. The molecule has 0 spiro atoms. The predicted molar refractivity (Wildman–Crippen MR) is 135 cm³/mol. The number of halogens is 2. The number of para-hydroxylation sites is 1. The van der Waals surface area contributed by atoms with Crippen molar-refractivity contribution >= 4 is 56.6 Å². The predicted octanol–water partition coefficient (Wildman–Crippen LogP) is 4.60. The molecule has 32 heavy (non-hydrogen) atoms. The van der Waals surface area contributed by atoms with E-state index in [-0.39, 0.29) is 30.3 Å². The molecule has 0 bridgehead atoms. The van der Waals surface area contributed by atoms with Gasteiger partial charge in [0.2, 0.25) is 11.8 Å². The number of hydrogen-bond acceptors (Lipinski definition) is 3. The lowest BCUT2D eigenvalue weighted by molar-refractivity contribution is -0.128. The van der Waals surface area contributed by atoms with Crippen molar-refractivity contribution in [2.45, 2.75) is 38.4 Å². The largest absolute Gasteiger partial charge is 0.343 e. The van der Waals surface area contributed by atoms with E-state index >= 15 is 0 Å². The molecule has 2 amide bonds. The lowest BCUT2D eigenvalue weighted by Gasteiger charge is -2.27. The summed E-state index contributed by atoms with van der Waals surface area (Å²) in [5.74, 6) is -0.245. The zero-order valence-corrected chi connectivity index (χ0v) is 20.5. The maximum absolute atomic E-state index is 13.7. The summed E-state index contributed by atoms with van der Waals surface area (Å²) in [5, 5.41) is 8.13. The van der Waals surface area contributed by atoms with Crippen molar-refractivity contribution in [2.75, 3.05) is 11.9 Å². The van der Waals surface area contributed by atoms with Crippen LogP contribution in [0, 0.1) is 0 Å². The number of hydrogen-bond donors (Lipinski definition) is 2. The number of aryl methyl sites for hydroxylation is 1. The highest BCUT2D eigenvalue weighted by Crippen LogP contribution is 2.31. The van der Waals surface area contributed by atoms with Gasteiger partial charge in [0.15, 0.2) is 0 Å². The van der Waals surface area contributed by atoms with Crippen molar-refractivity contribution in [3.8, 4) is 0 Å². The Morgan fingerprint density at radius 3 is 2.66 bits per heavy atom. The molecule has 2 N–H and O–H groups in total. The first-order chi connectivity index (χ1) is 15.0. The van der Waals surface area contributed by atoms with Crippen LogP contribution in [-0.2, 0) is 22.6 Å². The fourth-order valence-electron chi connectivity index (χ4n) is 4.09. The summed E-state index contributed by atoms with van der Waals surface area (Å²) in [5.41, 5.74) is 3.09. The Balaban J connectivity index is 0.00000289. The Kier molecular flexibility index (Phi) is 7.93. The molecule has 4 rings (SSSR count). The number of carbonyl (C=O) groups excluding carboxylic acids is 2. The van der Waals surface area contributed by atoms with Gasteiger partial charge in [-0.25, -0.2) is 0 Å². The second-order valence-electron chi connectivity index (χ2n) is 7.95. The number of nitrogens with one attached hydrogen (secondary N) is 2. The number of benzene rings is 3. The van der Waals surface area contributed by atoms with E-state index in [0.717, 1.165) is 38.5 Å². The highest BCUT2D eigenvalue weighted by atomic mass is 79.9. The Morgan fingerprint density at radius 1 is 1.16 bits per heavy atom. The standard InChI is InChI=1S/C25H26BrN3O2.ClH/c1-16(27-2)24(30)28-22-12-11-17-7-4-6-10-23(17)29(25(22)31)15-19-14-20(26)13-18-8-3-5-9-21(18)19;/h3-10,13-14,16,22,27H,11-12,15H2,1-2H3,(H,28,30);1H. The summed E-state index contributed by atoms with van der Waals surface area (Å²) in [7, 11) is 1.74. The van der Waals surface area contributed by atoms with Gasteiger partial charge in [-0.15, -0.1) is 12.4 Å². The van der Waals surface area contributed by atoms with E-state index in [1.807, 2.05) is 35.2 Å². The quantitative estimate of drug-likeness (QED) is 0.521. The average Bonchev–Trinajstić information content (AvgIpc) is 2.90. The maximum atomic E-state index is 13.7. The summed E-state index contributed by atoms with van der Waals surface area (Å²) in [4.78, 5) is 28.0. The molecule has 0 saturated heterocycles. The van der Waals surface area contributed by atoms with E-state index in [9.17, 15) is 9.59 Å². The topological polar surface area (TPSA) is 61.4 Å². The summed E-state index contributed by atoms with van der Waals surface area (Å²) in [6.07, 6.45) is 1.31. The molecule has 2 atom stereocenters. The van der Waals surface area contributed by atoms with Crippen LogP contribution in [-0.4, -0.2) is 30.9 Å². The fraction of sp³-hybridized carbons (Fsp3) is 0.280. The van der Waals surface area contributed by atoms with Crippen molar-refractivity contribution in [3.05, 3.63) is 76.3 Å². The monoisotopic (exact) mass is 515 g/mol. The van der Waals surface area contributed by atoms with Crippen LogP contribution in [0.3, 0.4) is 0 Å². The molecule has 0 aliphatic carbocycles. The number of fused-ring (bicyclic) bond motifs is 2. The van der Waals surface area contributed by atoms with Gasteiger partial charge in [0.1, 0.15) is 6.04 Å². The minimum Gasteiger partial charge on any atom is -0.343 e. The van der Waals surface area contributed by atoms with Gasteiger partial charge in [-0.3, -0.25) is 9.59 Å². The normalized spacial score (nSPS) is 16.7. The first-order valence-corrected chi connectivity index (χ1v) is 11.3. The molecule has 0 radical (unpaired) electrons. The molecule has 5 nitrogen and oxygen atoms in total. The number of nitrogens with zero attached hydrogens (tertiary/aromatic N) is 1. The van der Waals surface area contributed by atoms with Crippen molar-refractivity contribution < 1.29 is 9.59 Å². The van der Waals surface area contributed by atoms with Crippen LogP contribution in [0.2, 0.25) is 0 Å². The van der Waals surface area contributed by atoms with E-state index in [1.165, 1.54) is 0 Å². The fourth-order valence-corrected chi connectivity index (χ4v) is 4.61. The molecule has 1 aliphatic heterocycles. The lowest BCUT2D eigenvalue weighted by Crippen LogP contribution is -2.52. The first-order valence-electron chi connectivity index (χ1n) is 10.5. The van der Waals surface area contributed by atoms with Crippen molar-refractivity contribution in [1.82, 2.24) is 10.6 Å². The van der Waals surface area contributed by atoms with Gasteiger partial charge in [-0.2, -0.15) is 0 Å². The SMILES string of the molecule is CNC(C)C(=O)NC1CCc2ccccc2N(Cc2cc(Br)cc3ccccc23)C1=O.Cl. The first kappa shape index (κ1) is 24.2. The summed E-state index contributed by atoms with van der Waals surface area (Å²) < 4.78 is 0.976. The Hall–Kier alpha value is -2.41. The molecule has 168 valence electrons. The molecule has 0 aromatic heterocycles. The number of likely N-dealkylation sites (N-methyl/N-ethyl adjacent to an activating group) is 1.